The molecule has 0 saturated carbocycles. The highest BCUT2D eigenvalue weighted by Crippen LogP contribution is 2.24. The van der Waals surface area contributed by atoms with Crippen molar-refractivity contribution in [3.05, 3.63) is 65.2 Å². The largest absolute Gasteiger partial charge is 0.472 e. The second-order valence-corrected chi connectivity index (χ2v) is 10.2. The number of rotatable bonds is 4. The van der Waals surface area contributed by atoms with E-state index < -0.39 is 27.8 Å². The van der Waals surface area contributed by atoms with E-state index in [9.17, 15) is 36.0 Å². The first-order valence-corrected chi connectivity index (χ1v) is 12.3. The van der Waals surface area contributed by atoms with Crippen molar-refractivity contribution in [1.82, 2.24) is 15.8 Å². The van der Waals surface area contributed by atoms with Crippen molar-refractivity contribution in [1.29, 1.82) is 0 Å². The van der Waals surface area contributed by atoms with Crippen LogP contribution in [0.1, 0.15) is 21.5 Å². The van der Waals surface area contributed by atoms with Crippen molar-refractivity contribution in [2.24, 2.45) is 0 Å². The van der Waals surface area contributed by atoms with E-state index in [1.165, 1.54) is 39.5 Å². The predicted molar refractivity (Wildman–Crippen MR) is 121 cm³/mol. The van der Waals surface area contributed by atoms with Crippen LogP contribution < -0.4 is 15.8 Å². The topological polar surface area (TPSA) is 116 Å². The average Bonchev–Trinajstić information content (AvgIpc) is 2.80. The summed E-state index contributed by atoms with van der Waals surface area (Å²) in [6.45, 7) is 2.08. The summed E-state index contributed by atoms with van der Waals surface area (Å²) in [5.41, 5.74) is 5.03. The van der Waals surface area contributed by atoms with Crippen LogP contribution in [0.5, 0.6) is 0 Å². The van der Waals surface area contributed by atoms with Crippen LogP contribution in [-0.2, 0) is 21.2 Å². The summed E-state index contributed by atoms with van der Waals surface area (Å²) in [6.07, 6.45) is -5.14. The number of nitrogens with zero attached hydrogens (tertiary/aromatic N) is 2. The van der Waals surface area contributed by atoms with E-state index in [1.807, 2.05) is 19.1 Å². The van der Waals surface area contributed by atoms with Crippen molar-refractivity contribution in [2.45, 2.75) is 19.6 Å². The molecule has 0 unspecified atom stereocenters. The number of carbonyl (C=O) groups is 3. The average molecular weight is 513 g/mol. The molecule has 1 aliphatic heterocycles. The van der Waals surface area contributed by atoms with Gasteiger partial charge in [-0.15, -0.1) is 0 Å². The van der Waals surface area contributed by atoms with Crippen LogP contribution in [-0.4, -0.2) is 61.9 Å². The predicted octanol–water partition coefficient (Wildman–Crippen LogP) is 2.18. The number of hydrogen-bond acceptors (Lipinski definition) is 5. The minimum atomic E-state index is -5.14. The molecule has 0 aliphatic carbocycles. The highest BCUT2D eigenvalue weighted by atomic mass is 32.2. The number of urea groups is 1. The van der Waals surface area contributed by atoms with Crippen molar-refractivity contribution < 1.29 is 36.0 Å². The van der Waals surface area contributed by atoms with Crippen LogP contribution in [0.15, 0.2) is 48.5 Å². The van der Waals surface area contributed by atoms with E-state index in [4.69, 9.17) is 0 Å². The molecule has 1 saturated heterocycles. The maximum atomic E-state index is 13.3. The Hall–Kier alpha value is -3.61. The van der Waals surface area contributed by atoms with E-state index in [1.54, 1.807) is 17.6 Å². The quantitative estimate of drug-likeness (QED) is 0.610. The molecule has 0 aromatic heterocycles. The number of anilines is 1. The zero-order chi connectivity index (χ0) is 25.8. The third kappa shape index (κ3) is 6.72. The van der Waals surface area contributed by atoms with E-state index in [2.05, 4.69) is 0 Å². The van der Waals surface area contributed by atoms with Gasteiger partial charge >= 0.3 is 18.1 Å². The Kier molecular flexibility index (Phi) is 7.68. The van der Waals surface area contributed by atoms with E-state index >= 15 is 0 Å². The lowest BCUT2D eigenvalue weighted by Gasteiger charge is -2.33. The number of sulfone groups is 1. The van der Waals surface area contributed by atoms with Crippen LogP contribution in [0.25, 0.3) is 0 Å². The molecule has 1 aliphatic rings. The molecular formula is C22H23F3N4O5S. The Morgan fingerprint density at radius 1 is 0.971 bits per heavy atom. The maximum Gasteiger partial charge on any atom is 0.472 e. The third-order valence-electron chi connectivity index (χ3n) is 5.36. The van der Waals surface area contributed by atoms with E-state index in [0.717, 1.165) is 5.56 Å². The van der Waals surface area contributed by atoms with Crippen LogP contribution in [0, 0.1) is 6.92 Å². The van der Waals surface area contributed by atoms with Crippen molar-refractivity contribution in [2.75, 3.05) is 29.5 Å². The second kappa shape index (κ2) is 10.3. The van der Waals surface area contributed by atoms with Gasteiger partial charge in [0, 0.05) is 24.3 Å². The number of halogens is 3. The number of alkyl halides is 3. The summed E-state index contributed by atoms with van der Waals surface area (Å²) in [5, 5.41) is 0. The molecule has 4 amide bonds. The van der Waals surface area contributed by atoms with Gasteiger partial charge in [-0.2, -0.15) is 13.2 Å². The molecule has 0 spiro atoms. The normalized spacial score (nSPS) is 15.3. The van der Waals surface area contributed by atoms with Crippen molar-refractivity contribution >= 4 is 33.4 Å². The van der Waals surface area contributed by atoms with Gasteiger partial charge in [0.1, 0.15) is 0 Å². The Bertz CT molecular complexity index is 1200. The van der Waals surface area contributed by atoms with Gasteiger partial charge in [0.25, 0.3) is 5.91 Å². The number of carbonyl (C=O) groups excluding carboxylic acids is 3. The molecule has 3 rings (SSSR count). The van der Waals surface area contributed by atoms with Gasteiger partial charge < -0.3 is 4.90 Å². The molecule has 0 atom stereocenters. The first-order valence-electron chi connectivity index (χ1n) is 10.5. The minimum Gasteiger partial charge on any atom is -0.322 e. The summed E-state index contributed by atoms with van der Waals surface area (Å²) < 4.78 is 60.3. The number of hydrazine groups is 1. The van der Waals surface area contributed by atoms with Crippen LogP contribution >= 0.6 is 0 Å². The molecule has 2 aromatic carbocycles. The van der Waals surface area contributed by atoms with E-state index in [0.29, 0.717) is 11.3 Å². The first kappa shape index (κ1) is 26.0. The molecule has 1 heterocycles. The SMILES string of the molecule is Cc1ccccc1N(Cc1ccc(C(=O)NNC(=O)C(F)(F)F)cc1)C(=O)N1CCS(=O)(=O)CC1. The summed E-state index contributed by atoms with van der Waals surface area (Å²) in [6, 6.07) is 12.6. The molecule has 188 valence electrons. The summed E-state index contributed by atoms with van der Waals surface area (Å²) in [7, 11) is -3.18. The molecule has 0 bridgehead atoms. The van der Waals surface area contributed by atoms with Crippen molar-refractivity contribution in [3.63, 3.8) is 0 Å². The van der Waals surface area contributed by atoms with Crippen molar-refractivity contribution in [3.8, 4) is 0 Å². The summed E-state index contributed by atoms with van der Waals surface area (Å²) in [4.78, 5) is 39.2. The second-order valence-electron chi connectivity index (χ2n) is 7.90. The number of aryl methyl sites for hydroxylation is 1. The van der Waals surface area contributed by atoms with Gasteiger partial charge in [0.05, 0.1) is 18.1 Å². The number of benzene rings is 2. The van der Waals surface area contributed by atoms with Gasteiger partial charge in [0.2, 0.25) is 0 Å². The van der Waals surface area contributed by atoms with Gasteiger partial charge in [-0.3, -0.25) is 25.3 Å². The van der Waals surface area contributed by atoms with Crippen LogP contribution in [0.3, 0.4) is 0 Å². The lowest BCUT2D eigenvalue weighted by atomic mass is 10.1. The highest BCUT2D eigenvalue weighted by Gasteiger charge is 2.39. The summed E-state index contributed by atoms with van der Waals surface area (Å²) >= 11 is 0. The van der Waals surface area contributed by atoms with Gasteiger partial charge in [-0.1, -0.05) is 30.3 Å². The van der Waals surface area contributed by atoms with Crippen LogP contribution in [0.4, 0.5) is 23.7 Å². The first-order chi connectivity index (χ1) is 16.4. The molecule has 9 nitrogen and oxygen atoms in total. The summed E-state index contributed by atoms with van der Waals surface area (Å²) in [5.74, 6) is -3.49. The lowest BCUT2D eigenvalue weighted by molar-refractivity contribution is -0.174. The highest BCUT2D eigenvalue weighted by molar-refractivity contribution is 7.91. The molecule has 1 fully saturated rings. The molecule has 35 heavy (non-hydrogen) atoms. The number of hydrogen-bond donors (Lipinski definition) is 2. The maximum absolute atomic E-state index is 13.3. The Morgan fingerprint density at radius 3 is 2.14 bits per heavy atom. The van der Waals surface area contributed by atoms with Gasteiger partial charge in [-0.05, 0) is 36.2 Å². The number of amides is 4. The molecule has 2 N–H and O–H groups in total. The Balaban J connectivity index is 1.75. The number of para-hydroxylation sites is 1. The zero-order valence-electron chi connectivity index (χ0n) is 18.6. The molecule has 2 aromatic rings. The van der Waals surface area contributed by atoms with Gasteiger partial charge in [0.15, 0.2) is 9.84 Å². The smallest absolute Gasteiger partial charge is 0.322 e. The zero-order valence-corrected chi connectivity index (χ0v) is 19.4. The fourth-order valence-corrected chi connectivity index (χ4v) is 4.60. The number of nitrogens with one attached hydrogen (secondary N) is 2. The van der Waals surface area contributed by atoms with E-state index in [-0.39, 0.29) is 42.7 Å². The lowest BCUT2D eigenvalue weighted by Crippen LogP contribution is -2.50. The fourth-order valence-electron chi connectivity index (χ4n) is 3.40. The molecular weight excluding hydrogens is 489 g/mol. The fraction of sp³-hybridized carbons (Fsp3) is 0.318. The molecule has 13 heteroatoms. The van der Waals surface area contributed by atoms with Gasteiger partial charge in [-0.25, -0.2) is 13.2 Å². The Morgan fingerprint density at radius 2 is 1.57 bits per heavy atom. The molecule has 0 radical (unpaired) electrons. The van der Waals surface area contributed by atoms with Crippen LogP contribution in [0.2, 0.25) is 0 Å². The standard InChI is InChI=1S/C22H23F3N4O5S/c1-15-4-2-3-5-18(15)29(21(32)28-10-12-35(33,34)13-11-28)14-16-6-8-17(9-7-16)19(30)26-27-20(31)22(23,24)25/h2-9H,10-14H2,1H3,(H,26,30)(H,27,31). The Labute approximate surface area is 199 Å². The minimum absolute atomic E-state index is 0.00812. The third-order valence-corrected chi connectivity index (χ3v) is 6.97. The monoisotopic (exact) mass is 512 g/mol.